The lowest BCUT2D eigenvalue weighted by atomic mass is 9.95. The largest absolute Gasteiger partial charge is 0.466 e. The number of esters is 1. The van der Waals surface area contributed by atoms with Crippen LogP contribution < -0.4 is 10.1 Å². The normalized spacial score (nSPS) is 17.0. The van der Waals surface area contributed by atoms with E-state index in [2.05, 4.69) is 5.32 Å². The van der Waals surface area contributed by atoms with Crippen molar-refractivity contribution in [3.05, 3.63) is 71.4 Å². The van der Waals surface area contributed by atoms with Crippen molar-refractivity contribution in [1.29, 1.82) is 0 Å². The lowest BCUT2D eigenvalue weighted by Gasteiger charge is -2.33. The minimum atomic E-state index is -0.606. The summed E-state index contributed by atoms with van der Waals surface area (Å²) >= 11 is 0. The molecule has 0 fully saturated rings. The number of benzene rings is 2. The number of ether oxygens (including phenoxy) is 2. The number of methoxy groups -OCH3 is 1. The summed E-state index contributed by atoms with van der Waals surface area (Å²) in [7, 11) is 2.93. The first-order chi connectivity index (χ1) is 12.5. The Balaban J connectivity index is 1.97. The number of amides is 2. The van der Waals surface area contributed by atoms with Crippen LogP contribution in [-0.4, -0.2) is 31.1 Å². The Kier molecular flexibility index (Phi) is 4.93. The summed E-state index contributed by atoms with van der Waals surface area (Å²) in [5.41, 5.74) is 1.69. The van der Waals surface area contributed by atoms with Crippen LogP contribution in [0, 0.1) is 0 Å². The first-order valence-corrected chi connectivity index (χ1v) is 8.17. The van der Waals surface area contributed by atoms with Gasteiger partial charge in [-0.05, 0) is 36.8 Å². The van der Waals surface area contributed by atoms with Gasteiger partial charge in [0.2, 0.25) is 0 Å². The summed E-state index contributed by atoms with van der Waals surface area (Å²) in [6, 6.07) is 15.8. The standard InChI is InChI=1S/C20H20N2O4/c1-13-17(19(23)25-3)18(21-20(24)22(13)2)14-8-7-11-16(12-14)26-15-9-5-4-6-10-15/h4-12,18H,1-3H3,(H,21,24)/t18-/m1/s1. The number of carbonyl (C=O) groups excluding carboxylic acids is 2. The van der Waals surface area contributed by atoms with E-state index >= 15 is 0 Å². The van der Waals surface area contributed by atoms with Gasteiger partial charge in [-0.3, -0.25) is 0 Å². The molecule has 2 aromatic rings. The van der Waals surface area contributed by atoms with Crippen molar-refractivity contribution in [2.24, 2.45) is 0 Å². The van der Waals surface area contributed by atoms with Crippen molar-refractivity contribution in [3.63, 3.8) is 0 Å². The first kappa shape index (κ1) is 17.5. The third-order valence-electron chi connectivity index (χ3n) is 4.33. The van der Waals surface area contributed by atoms with Crippen molar-refractivity contribution >= 4 is 12.0 Å². The van der Waals surface area contributed by atoms with Crippen LogP contribution in [0.4, 0.5) is 4.79 Å². The van der Waals surface area contributed by atoms with E-state index in [1.165, 1.54) is 12.0 Å². The molecule has 1 aliphatic rings. The van der Waals surface area contributed by atoms with Crippen molar-refractivity contribution in [3.8, 4) is 11.5 Å². The molecule has 0 aromatic heterocycles. The summed E-state index contributed by atoms with van der Waals surface area (Å²) in [4.78, 5) is 25.9. The lowest BCUT2D eigenvalue weighted by molar-refractivity contribution is -0.136. The third-order valence-corrected chi connectivity index (χ3v) is 4.33. The minimum Gasteiger partial charge on any atom is -0.466 e. The Morgan fingerprint density at radius 1 is 1.08 bits per heavy atom. The zero-order valence-corrected chi connectivity index (χ0v) is 14.9. The van der Waals surface area contributed by atoms with Gasteiger partial charge in [-0.2, -0.15) is 0 Å². The average Bonchev–Trinajstić information content (AvgIpc) is 2.66. The fourth-order valence-electron chi connectivity index (χ4n) is 2.84. The van der Waals surface area contributed by atoms with E-state index in [0.717, 1.165) is 5.56 Å². The molecule has 6 nitrogen and oxygen atoms in total. The van der Waals surface area contributed by atoms with E-state index in [4.69, 9.17) is 9.47 Å². The molecule has 134 valence electrons. The molecule has 0 saturated carbocycles. The molecule has 6 heteroatoms. The Bertz CT molecular complexity index is 861. The molecule has 0 radical (unpaired) electrons. The summed E-state index contributed by atoms with van der Waals surface area (Å²) in [5, 5.41) is 2.84. The van der Waals surface area contributed by atoms with Crippen LogP contribution in [0.25, 0.3) is 0 Å². The summed E-state index contributed by atoms with van der Waals surface area (Å²) in [5.74, 6) is 0.842. The van der Waals surface area contributed by atoms with E-state index < -0.39 is 12.0 Å². The topological polar surface area (TPSA) is 67.9 Å². The number of para-hydroxylation sites is 1. The molecule has 1 N–H and O–H groups in total. The Labute approximate surface area is 152 Å². The quantitative estimate of drug-likeness (QED) is 0.854. The number of hydrogen-bond acceptors (Lipinski definition) is 4. The summed E-state index contributed by atoms with van der Waals surface area (Å²) < 4.78 is 10.8. The molecule has 0 spiro atoms. The van der Waals surface area contributed by atoms with Crippen LogP contribution in [-0.2, 0) is 9.53 Å². The predicted molar refractivity (Wildman–Crippen MR) is 96.7 cm³/mol. The predicted octanol–water partition coefficient (Wildman–Crippen LogP) is 3.62. The first-order valence-electron chi connectivity index (χ1n) is 8.17. The van der Waals surface area contributed by atoms with Gasteiger partial charge in [0.1, 0.15) is 11.5 Å². The second-order valence-corrected chi connectivity index (χ2v) is 5.92. The number of allylic oxidation sites excluding steroid dienone is 1. The van der Waals surface area contributed by atoms with Crippen LogP contribution in [0.15, 0.2) is 65.9 Å². The van der Waals surface area contributed by atoms with Crippen LogP contribution >= 0.6 is 0 Å². The molecule has 1 atom stereocenters. The van der Waals surface area contributed by atoms with E-state index in [-0.39, 0.29) is 6.03 Å². The van der Waals surface area contributed by atoms with E-state index in [1.54, 1.807) is 20.0 Å². The van der Waals surface area contributed by atoms with Crippen molar-refractivity contribution < 1.29 is 19.1 Å². The van der Waals surface area contributed by atoms with Gasteiger partial charge in [0.25, 0.3) is 0 Å². The number of rotatable bonds is 4. The van der Waals surface area contributed by atoms with Crippen LogP contribution in [0.5, 0.6) is 11.5 Å². The van der Waals surface area contributed by atoms with Gasteiger partial charge in [-0.25, -0.2) is 9.59 Å². The Hall–Kier alpha value is -3.28. The maximum absolute atomic E-state index is 12.3. The molecular weight excluding hydrogens is 332 g/mol. The van der Waals surface area contributed by atoms with Crippen LogP contribution in [0.3, 0.4) is 0 Å². The fraction of sp³-hybridized carbons (Fsp3) is 0.200. The zero-order chi connectivity index (χ0) is 18.7. The van der Waals surface area contributed by atoms with Gasteiger partial charge in [0, 0.05) is 12.7 Å². The molecule has 0 aliphatic carbocycles. The van der Waals surface area contributed by atoms with Crippen molar-refractivity contribution in [2.75, 3.05) is 14.2 Å². The number of nitrogens with zero attached hydrogens (tertiary/aromatic N) is 1. The van der Waals surface area contributed by atoms with E-state index in [0.29, 0.717) is 22.8 Å². The highest BCUT2D eigenvalue weighted by Crippen LogP contribution is 2.33. The second kappa shape index (κ2) is 7.31. The monoisotopic (exact) mass is 352 g/mol. The van der Waals surface area contributed by atoms with E-state index in [9.17, 15) is 9.59 Å². The molecule has 26 heavy (non-hydrogen) atoms. The van der Waals surface area contributed by atoms with Crippen LogP contribution in [0.1, 0.15) is 18.5 Å². The molecule has 2 amide bonds. The molecule has 2 aromatic carbocycles. The van der Waals surface area contributed by atoms with Crippen LogP contribution in [0.2, 0.25) is 0 Å². The molecule has 0 unspecified atom stereocenters. The number of nitrogens with one attached hydrogen (secondary N) is 1. The van der Waals surface area contributed by atoms with Gasteiger partial charge in [-0.15, -0.1) is 0 Å². The SMILES string of the molecule is COC(=O)C1=C(C)N(C)C(=O)N[C@@H]1c1cccc(Oc2ccccc2)c1. The van der Waals surface area contributed by atoms with Gasteiger partial charge in [-0.1, -0.05) is 30.3 Å². The summed E-state index contributed by atoms with van der Waals surface area (Å²) in [6.07, 6.45) is 0. The van der Waals surface area contributed by atoms with E-state index in [1.807, 2.05) is 48.5 Å². The van der Waals surface area contributed by atoms with Gasteiger partial charge in [0.05, 0.1) is 18.7 Å². The summed E-state index contributed by atoms with van der Waals surface area (Å²) in [6.45, 7) is 1.72. The third kappa shape index (κ3) is 3.39. The molecule has 3 rings (SSSR count). The van der Waals surface area contributed by atoms with Crippen molar-refractivity contribution in [2.45, 2.75) is 13.0 Å². The Morgan fingerprint density at radius 2 is 1.77 bits per heavy atom. The molecule has 0 bridgehead atoms. The highest BCUT2D eigenvalue weighted by Gasteiger charge is 2.34. The molecule has 0 saturated heterocycles. The zero-order valence-electron chi connectivity index (χ0n) is 14.9. The second-order valence-electron chi connectivity index (χ2n) is 5.92. The maximum Gasteiger partial charge on any atom is 0.337 e. The number of urea groups is 1. The van der Waals surface area contributed by atoms with Gasteiger partial charge in [0.15, 0.2) is 0 Å². The molecular formula is C20H20N2O4. The average molecular weight is 352 g/mol. The van der Waals surface area contributed by atoms with Gasteiger partial charge >= 0.3 is 12.0 Å². The minimum absolute atomic E-state index is 0.283. The number of hydrogen-bond donors (Lipinski definition) is 1. The smallest absolute Gasteiger partial charge is 0.337 e. The lowest BCUT2D eigenvalue weighted by Crippen LogP contribution is -2.46. The highest BCUT2D eigenvalue weighted by atomic mass is 16.5. The fourth-order valence-corrected chi connectivity index (χ4v) is 2.84. The molecule has 1 heterocycles. The van der Waals surface area contributed by atoms with Gasteiger partial charge < -0.3 is 19.7 Å². The molecule has 1 aliphatic heterocycles. The maximum atomic E-state index is 12.3. The Morgan fingerprint density at radius 3 is 2.46 bits per heavy atom. The number of carbonyl (C=O) groups is 2. The van der Waals surface area contributed by atoms with Crippen molar-refractivity contribution in [1.82, 2.24) is 10.2 Å². The highest BCUT2D eigenvalue weighted by molar-refractivity contribution is 5.94.